The monoisotopic (exact) mass is 578 g/mol. The van der Waals surface area contributed by atoms with Crippen LogP contribution in [0.25, 0.3) is 0 Å². The maximum atomic E-state index is 2.76. The van der Waals surface area contributed by atoms with Gasteiger partial charge >= 0.3 is 0 Å². The molecule has 4 aliphatic carbocycles. The first-order chi connectivity index (χ1) is 19.8. The van der Waals surface area contributed by atoms with E-state index in [-0.39, 0.29) is 15.8 Å². The minimum atomic E-state index is -0.0306. The van der Waals surface area contributed by atoms with Gasteiger partial charge in [-0.3, -0.25) is 0 Å². The third kappa shape index (κ3) is 5.12. The number of rotatable bonds is 6. The molecule has 2 saturated heterocycles. The molecular weight excluding hydrogens is 518 g/mol. The highest BCUT2D eigenvalue weighted by atomic mass is 31.1. The van der Waals surface area contributed by atoms with Crippen molar-refractivity contribution in [1.29, 1.82) is 0 Å². The molecule has 7 rings (SSSR count). The minimum Gasteiger partial charge on any atom is -0.0677 e. The first-order valence-corrected chi connectivity index (χ1v) is 21.5. The van der Waals surface area contributed by atoms with E-state index in [9.17, 15) is 0 Å². The molecule has 40 heavy (non-hydrogen) atoms. The first-order valence-electron chi connectivity index (χ1n) is 18.5. The maximum Gasteiger partial charge on any atom is 0.000242 e. The molecule has 4 saturated carbocycles. The molecule has 2 heteroatoms. The summed E-state index contributed by atoms with van der Waals surface area (Å²) in [4.78, 5) is 0. The highest BCUT2D eigenvalue weighted by Gasteiger charge is 2.57. The first kappa shape index (κ1) is 28.8. The van der Waals surface area contributed by atoms with Crippen LogP contribution in [0.5, 0.6) is 0 Å². The van der Waals surface area contributed by atoms with Gasteiger partial charge in [-0.05, 0) is 124 Å². The predicted octanol–water partition coefficient (Wildman–Crippen LogP) is 11.3. The van der Waals surface area contributed by atoms with Gasteiger partial charge < -0.3 is 0 Å². The standard InChI is InChI=1S/C38H60P2/c1-5-17-31(18-6-1)37(32-19-7-2-8-20-32)27-15-29-39(37)35-25-13-14-26-36(35)40-30-16-28-38(40,33-21-9-3-10-22-33)34-23-11-4-12-24-34/h13-14,25-26,31-34H,1-12,15-24,27-30H2. The highest BCUT2D eigenvalue weighted by molar-refractivity contribution is 7.73. The second kappa shape index (κ2) is 13.0. The Morgan fingerprint density at radius 1 is 0.400 bits per heavy atom. The summed E-state index contributed by atoms with van der Waals surface area (Å²) in [5.41, 5.74) is 0. The molecule has 0 aromatic heterocycles. The molecule has 6 fully saturated rings. The molecule has 0 amide bonds. The summed E-state index contributed by atoms with van der Waals surface area (Å²) in [6.07, 6.45) is 40.3. The molecule has 0 nitrogen and oxygen atoms in total. The van der Waals surface area contributed by atoms with Crippen LogP contribution in [0, 0.1) is 23.7 Å². The van der Waals surface area contributed by atoms with E-state index in [0.717, 1.165) is 23.7 Å². The smallest absolute Gasteiger partial charge is 0.000242 e. The van der Waals surface area contributed by atoms with Gasteiger partial charge in [0.1, 0.15) is 0 Å². The van der Waals surface area contributed by atoms with Crippen LogP contribution < -0.4 is 10.6 Å². The van der Waals surface area contributed by atoms with E-state index in [1.54, 1.807) is 89.4 Å². The summed E-state index contributed by atoms with van der Waals surface area (Å²) in [5, 5.41) is 5.38. The van der Waals surface area contributed by atoms with Gasteiger partial charge in [0.2, 0.25) is 0 Å². The zero-order valence-electron chi connectivity index (χ0n) is 25.9. The molecular formula is C38H60P2. The second-order valence-electron chi connectivity index (χ2n) is 15.3. The third-order valence-corrected chi connectivity index (χ3v) is 21.2. The van der Waals surface area contributed by atoms with Crippen molar-refractivity contribution in [3.05, 3.63) is 24.3 Å². The van der Waals surface area contributed by atoms with Gasteiger partial charge in [0, 0.05) is 10.3 Å². The van der Waals surface area contributed by atoms with Crippen molar-refractivity contribution < 1.29 is 0 Å². The second-order valence-corrected chi connectivity index (χ2v) is 20.6. The quantitative estimate of drug-likeness (QED) is 0.295. The lowest BCUT2D eigenvalue weighted by Gasteiger charge is -2.53. The largest absolute Gasteiger partial charge is 0.0677 e. The highest BCUT2D eigenvalue weighted by Crippen LogP contribution is 2.71. The SMILES string of the molecule is c1ccc(P2CCCC2(C2CCCCC2)C2CCCCC2)c(P2CCCC2(C2CCCCC2)C2CCCCC2)c1. The van der Waals surface area contributed by atoms with Crippen molar-refractivity contribution in [2.24, 2.45) is 23.7 Å². The van der Waals surface area contributed by atoms with E-state index in [1.165, 1.54) is 77.0 Å². The summed E-state index contributed by atoms with van der Waals surface area (Å²) in [5.74, 6) is 4.18. The van der Waals surface area contributed by atoms with Gasteiger partial charge in [0.15, 0.2) is 0 Å². The van der Waals surface area contributed by atoms with Crippen LogP contribution >= 0.6 is 15.8 Å². The Balaban J connectivity index is 1.30. The molecule has 0 bridgehead atoms. The lowest BCUT2D eigenvalue weighted by Crippen LogP contribution is -2.48. The summed E-state index contributed by atoms with van der Waals surface area (Å²) < 4.78 is 0. The molecule has 0 N–H and O–H groups in total. The Labute approximate surface area is 250 Å². The van der Waals surface area contributed by atoms with Crippen molar-refractivity contribution in [2.45, 2.75) is 164 Å². The van der Waals surface area contributed by atoms with E-state index in [1.807, 2.05) is 10.6 Å². The number of hydrogen-bond acceptors (Lipinski definition) is 0. The topological polar surface area (TPSA) is 0 Å². The van der Waals surface area contributed by atoms with Crippen LogP contribution in [-0.4, -0.2) is 22.6 Å². The lowest BCUT2D eigenvalue weighted by molar-refractivity contribution is 0.168. The van der Waals surface area contributed by atoms with E-state index in [2.05, 4.69) is 24.3 Å². The van der Waals surface area contributed by atoms with Crippen LogP contribution in [0.1, 0.15) is 154 Å². The van der Waals surface area contributed by atoms with E-state index in [4.69, 9.17) is 0 Å². The molecule has 2 atom stereocenters. The van der Waals surface area contributed by atoms with Crippen LogP contribution in [0.2, 0.25) is 0 Å². The zero-order chi connectivity index (χ0) is 26.8. The molecule has 222 valence electrons. The minimum absolute atomic E-state index is 0.0306. The summed E-state index contributed by atoms with van der Waals surface area (Å²) >= 11 is 0. The molecule has 2 aliphatic heterocycles. The van der Waals surface area contributed by atoms with Crippen LogP contribution in [0.4, 0.5) is 0 Å². The molecule has 2 unspecified atom stereocenters. The van der Waals surface area contributed by atoms with Crippen molar-refractivity contribution in [3.63, 3.8) is 0 Å². The Morgan fingerprint density at radius 2 is 0.700 bits per heavy atom. The Hall–Kier alpha value is 0.0800. The van der Waals surface area contributed by atoms with Crippen molar-refractivity contribution >= 4 is 26.5 Å². The van der Waals surface area contributed by atoms with Crippen molar-refractivity contribution in [3.8, 4) is 0 Å². The predicted molar refractivity (Wildman–Crippen MR) is 180 cm³/mol. The Kier molecular flexibility index (Phi) is 9.35. The molecule has 2 heterocycles. The molecule has 6 aliphatic rings. The average Bonchev–Trinajstić information content (AvgIpc) is 3.70. The maximum absolute atomic E-state index is 2.76. The Morgan fingerprint density at radius 3 is 1.00 bits per heavy atom. The van der Waals surface area contributed by atoms with Gasteiger partial charge in [0.05, 0.1) is 0 Å². The van der Waals surface area contributed by atoms with Crippen molar-refractivity contribution in [2.75, 3.05) is 12.3 Å². The summed E-state index contributed by atoms with van der Waals surface area (Å²) in [6.45, 7) is 0. The van der Waals surface area contributed by atoms with Crippen LogP contribution in [-0.2, 0) is 0 Å². The van der Waals surface area contributed by atoms with E-state index < -0.39 is 0 Å². The normalized spacial score (nSPS) is 32.9. The van der Waals surface area contributed by atoms with Gasteiger partial charge in [-0.25, -0.2) is 0 Å². The number of benzene rings is 1. The van der Waals surface area contributed by atoms with E-state index in [0.29, 0.717) is 10.3 Å². The van der Waals surface area contributed by atoms with Gasteiger partial charge in [-0.1, -0.05) is 117 Å². The fourth-order valence-corrected chi connectivity index (χ4v) is 20.9. The molecule has 0 spiro atoms. The average molecular weight is 579 g/mol. The van der Waals surface area contributed by atoms with E-state index >= 15 is 0 Å². The fourth-order valence-electron chi connectivity index (χ4n) is 12.1. The van der Waals surface area contributed by atoms with Gasteiger partial charge in [-0.2, -0.15) is 0 Å². The Bertz CT molecular complexity index is 831. The molecule has 0 radical (unpaired) electrons. The fraction of sp³-hybridized carbons (Fsp3) is 0.842. The van der Waals surface area contributed by atoms with Crippen molar-refractivity contribution in [1.82, 2.24) is 0 Å². The lowest BCUT2D eigenvalue weighted by atomic mass is 9.67. The molecule has 1 aromatic carbocycles. The molecule has 1 aromatic rings. The van der Waals surface area contributed by atoms with Crippen LogP contribution in [0.15, 0.2) is 24.3 Å². The van der Waals surface area contributed by atoms with Crippen LogP contribution in [0.3, 0.4) is 0 Å². The zero-order valence-corrected chi connectivity index (χ0v) is 27.7. The third-order valence-electron chi connectivity index (χ3n) is 13.6. The van der Waals surface area contributed by atoms with Gasteiger partial charge in [-0.15, -0.1) is 0 Å². The number of hydrogen-bond donors (Lipinski definition) is 0. The van der Waals surface area contributed by atoms with Gasteiger partial charge in [0.25, 0.3) is 0 Å². The summed E-state index contributed by atoms with van der Waals surface area (Å²) in [6, 6.07) is 10.5. The summed E-state index contributed by atoms with van der Waals surface area (Å²) in [7, 11) is -0.0613.